The number of hydrogen-bond acceptors (Lipinski definition) is 6. The number of rotatable bonds is 6. The van der Waals surface area contributed by atoms with Gasteiger partial charge in [-0.25, -0.2) is 0 Å². The standard InChI is InChI=1S/C37H33N5O2S/c1-26-16-17-31(23-27(26)2)42-36(44)33(24-30-15-9-10-18-39-30)45-37(42)32(25-38)35(43)41-21-19-40(20-22-41)34(28-11-5-3-6-12-28)29-13-7-4-8-14-29/h3-18,23-24,34H,19-22H2,1-2H3/b33-24-,37-32-. The predicted octanol–water partition coefficient (Wildman–Crippen LogP) is 4.35. The number of nitriles is 1. The monoisotopic (exact) mass is 611 g/mol. The molecule has 6 rings (SSSR count). The number of aryl methyl sites for hydroxylation is 2. The van der Waals surface area contributed by atoms with Crippen LogP contribution in [0.5, 0.6) is 0 Å². The first-order valence-corrected chi connectivity index (χ1v) is 15.8. The van der Waals surface area contributed by atoms with Gasteiger partial charge in [0.25, 0.3) is 11.5 Å². The molecule has 0 aliphatic carbocycles. The Morgan fingerprint density at radius 2 is 1.51 bits per heavy atom. The molecule has 0 N–H and O–H groups in total. The van der Waals surface area contributed by atoms with Crippen molar-refractivity contribution in [3.63, 3.8) is 0 Å². The fourth-order valence-corrected chi connectivity index (χ4v) is 6.84. The van der Waals surface area contributed by atoms with Crippen LogP contribution in [0.15, 0.2) is 108 Å². The lowest BCUT2D eigenvalue weighted by Crippen LogP contribution is -2.50. The highest BCUT2D eigenvalue weighted by Crippen LogP contribution is 2.29. The van der Waals surface area contributed by atoms with E-state index >= 15 is 0 Å². The van der Waals surface area contributed by atoms with Crippen LogP contribution in [0, 0.1) is 25.2 Å². The highest BCUT2D eigenvalue weighted by atomic mass is 32.1. The molecule has 1 saturated heterocycles. The second kappa shape index (κ2) is 13.3. The summed E-state index contributed by atoms with van der Waals surface area (Å²) in [5, 5.41) is 10.4. The maximum absolute atomic E-state index is 14.0. The summed E-state index contributed by atoms with van der Waals surface area (Å²) in [4.78, 5) is 36.4. The van der Waals surface area contributed by atoms with Crippen LogP contribution in [0.2, 0.25) is 0 Å². The molecule has 7 nitrogen and oxygen atoms in total. The molecule has 1 amide bonds. The van der Waals surface area contributed by atoms with E-state index in [9.17, 15) is 14.9 Å². The molecule has 0 spiro atoms. The average molecular weight is 612 g/mol. The normalized spacial score (nSPS) is 14.8. The molecule has 45 heavy (non-hydrogen) atoms. The van der Waals surface area contributed by atoms with Crippen LogP contribution in [-0.4, -0.2) is 51.4 Å². The van der Waals surface area contributed by atoms with Crippen molar-refractivity contribution < 1.29 is 4.79 Å². The van der Waals surface area contributed by atoms with Crippen LogP contribution >= 0.6 is 11.3 Å². The summed E-state index contributed by atoms with van der Waals surface area (Å²) in [6.45, 7) is 6.21. The maximum atomic E-state index is 14.0. The van der Waals surface area contributed by atoms with E-state index in [2.05, 4.69) is 64.5 Å². The van der Waals surface area contributed by atoms with E-state index < -0.39 is 0 Å². The first kappa shape index (κ1) is 29.9. The first-order chi connectivity index (χ1) is 21.9. The van der Waals surface area contributed by atoms with Crippen molar-refractivity contribution in [2.24, 2.45) is 0 Å². The SMILES string of the molecule is Cc1ccc(-n2c(=O)/c(=C/c3ccccn3)s/c2=C(/C#N)C(=O)N2CCN(C(c3ccccc3)c3ccccc3)CC2)cc1C. The molecule has 1 fully saturated rings. The Bertz CT molecular complexity index is 2000. The van der Waals surface area contributed by atoms with Gasteiger partial charge in [-0.1, -0.05) is 72.8 Å². The predicted molar refractivity (Wildman–Crippen MR) is 178 cm³/mol. The molecular weight excluding hydrogens is 579 g/mol. The largest absolute Gasteiger partial charge is 0.335 e. The fourth-order valence-electron chi connectivity index (χ4n) is 5.76. The lowest BCUT2D eigenvalue weighted by Gasteiger charge is -2.39. The van der Waals surface area contributed by atoms with Crippen molar-refractivity contribution in [3.8, 4) is 11.8 Å². The van der Waals surface area contributed by atoms with E-state index in [0.29, 0.717) is 46.8 Å². The molecule has 2 aromatic heterocycles. The highest BCUT2D eigenvalue weighted by Gasteiger charge is 2.30. The number of hydrogen-bond donors (Lipinski definition) is 0. The van der Waals surface area contributed by atoms with Crippen molar-refractivity contribution in [2.45, 2.75) is 19.9 Å². The summed E-state index contributed by atoms with van der Waals surface area (Å²) in [5.41, 5.74) is 5.41. The van der Waals surface area contributed by atoms with Crippen LogP contribution in [0.4, 0.5) is 0 Å². The summed E-state index contributed by atoms with van der Waals surface area (Å²) < 4.78 is 2.23. The molecule has 8 heteroatoms. The van der Waals surface area contributed by atoms with Crippen LogP contribution in [-0.2, 0) is 4.79 Å². The topological polar surface area (TPSA) is 82.2 Å². The zero-order chi connectivity index (χ0) is 31.3. The molecule has 0 bridgehead atoms. The van der Waals surface area contributed by atoms with Crippen molar-refractivity contribution in [1.82, 2.24) is 19.4 Å². The quantitative estimate of drug-likeness (QED) is 0.285. The smallest absolute Gasteiger partial charge is 0.273 e. The van der Waals surface area contributed by atoms with Gasteiger partial charge in [-0.3, -0.25) is 24.0 Å². The zero-order valence-corrected chi connectivity index (χ0v) is 26.1. The maximum Gasteiger partial charge on any atom is 0.273 e. The Kier molecular flexibility index (Phi) is 8.83. The van der Waals surface area contributed by atoms with E-state index in [1.54, 1.807) is 17.2 Å². The molecule has 5 aromatic rings. The van der Waals surface area contributed by atoms with Gasteiger partial charge in [-0.05, 0) is 66.4 Å². The zero-order valence-electron chi connectivity index (χ0n) is 25.3. The lowest BCUT2D eigenvalue weighted by molar-refractivity contribution is -0.126. The summed E-state index contributed by atoms with van der Waals surface area (Å²) in [6, 6.07) is 34.2. The number of carbonyl (C=O) groups is 1. The number of pyridine rings is 1. The first-order valence-electron chi connectivity index (χ1n) is 14.9. The molecule has 1 aliphatic rings. The van der Waals surface area contributed by atoms with Crippen LogP contribution < -0.4 is 14.8 Å². The van der Waals surface area contributed by atoms with Gasteiger partial charge < -0.3 is 4.90 Å². The number of benzene rings is 3. The van der Waals surface area contributed by atoms with Gasteiger partial charge >= 0.3 is 0 Å². The van der Waals surface area contributed by atoms with Crippen LogP contribution in [0.25, 0.3) is 17.3 Å². The van der Waals surface area contributed by atoms with E-state index in [4.69, 9.17) is 0 Å². The average Bonchev–Trinajstić information content (AvgIpc) is 3.39. The summed E-state index contributed by atoms with van der Waals surface area (Å²) in [6.07, 6.45) is 3.37. The second-order valence-corrected chi connectivity index (χ2v) is 12.1. The van der Waals surface area contributed by atoms with Crippen molar-refractivity contribution in [3.05, 3.63) is 151 Å². The molecule has 3 heterocycles. The van der Waals surface area contributed by atoms with Gasteiger partial charge in [0.1, 0.15) is 10.7 Å². The van der Waals surface area contributed by atoms with Gasteiger partial charge in [0, 0.05) is 32.4 Å². The second-order valence-electron chi connectivity index (χ2n) is 11.1. The molecule has 3 aromatic carbocycles. The van der Waals surface area contributed by atoms with Crippen LogP contribution in [0.1, 0.15) is 34.0 Å². The summed E-state index contributed by atoms with van der Waals surface area (Å²) >= 11 is 1.15. The van der Waals surface area contributed by atoms with Gasteiger partial charge in [0.15, 0.2) is 5.57 Å². The molecule has 0 radical (unpaired) electrons. The molecule has 1 aliphatic heterocycles. The molecule has 0 saturated carbocycles. The van der Waals surface area contributed by atoms with Crippen LogP contribution in [0.3, 0.4) is 0 Å². The summed E-state index contributed by atoms with van der Waals surface area (Å²) in [7, 11) is 0. The van der Waals surface area contributed by atoms with E-state index in [0.717, 1.165) is 22.5 Å². The van der Waals surface area contributed by atoms with Gasteiger partial charge in [-0.2, -0.15) is 5.26 Å². The van der Waals surface area contributed by atoms with Crippen molar-refractivity contribution >= 4 is 28.9 Å². The Hall–Kier alpha value is -5.10. The van der Waals surface area contributed by atoms with E-state index in [1.807, 2.05) is 62.4 Å². The number of aromatic nitrogens is 2. The minimum absolute atomic E-state index is 0.0351. The third kappa shape index (κ3) is 6.27. The number of thiazole rings is 1. The Morgan fingerprint density at radius 3 is 2.09 bits per heavy atom. The van der Waals surface area contributed by atoms with Gasteiger partial charge in [0.05, 0.1) is 22.0 Å². The number of carbonyl (C=O) groups excluding carboxylic acids is 1. The summed E-state index contributed by atoms with van der Waals surface area (Å²) in [5.74, 6) is -0.364. The third-order valence-electron chi connectivity index (χ3n) is 8.28. The highest BCUT2D eigenvalue weighted by molar-refractivity contribution is 7.07. The molecule has 0 atom stereocenters. The van der Waals surface area contributed by atoms with Gasteiger partial charge in [0.2, 0.25) is 0 Å². The van der Waals surface area contributed by atoms with E-state index in [-0.39, 0.29) is 23.1 Å². The minimum atomic E-state index is -0.364. The lowest BCUT2D eigenvalue weighted by atomic mass is 9.96. The fraction of sp³-hybridized carbons (Fsp3) is 0.189. The van der Waals surface area contributed by atoms with E-state index in [1.165, 1.54) is 15.7 Å². The van der Waals surface area contributed by atoms with Crippen molar-refractivity contribution in [2.75, 3.05) is 26.2 Å². The minimum Gasteiger partial charge on any atom is -0.335 e. The molecule has 0 unspecified atom stereocenters. The Morgan fingerprint density at radius 1 is 0.867 bits per heavy atom. The number of piperazine rings is 1. The Labute approximate surface area is 266 Å². The Balaban J connectivity index is 1.37. The van der Waals surface area contributed by atoms with Gasteiger partial charge in [-0.15, -0.1) is 11.3 Å². The number of nitrogens with zero attached hydrogens (tertiary/aromatic N) is 5. The molecule has 224 valence electrons. The van der Waals surface area contributed by atoms with Crippen molar-refractivity contribution in [1.29, 1.82) is 5.26 Å². The third-order valence-corrected chi connectivity index (χ3v) is 9.37. The molecular formula is C37H33N5O2S. The number of amides is 1.